The maximum absolute atomic E-state index is 13.7. The number of hydrogen-bond acceptors (Lipinski definition) is 7. The Balaban J connectivity index is 1.51. The molecule has 38 heavy (non-hydrogen) atoms. The lowest BCUT2D eigenvalue weighted by Crippen LogP contribution is -2.39. The first-order valence-electron chi connectivity index (χ1n) is 11.8. The largest absolute Gasteiger partial charge is 0.489 e. The molecule has 0 saturated carbocycles. The van der Waals surface area contributed by atoms with Gasteiger partial charge in [0.1, 0.15) is 18.4 Å². The summed E-state index contributed by atoms with van der Waals surface area (Å²) in [7, 11) is 0. The van der Waals surface area contributed by atoms with Crippen molar-refractivity contribution in [3.63, 3.8) is 0 Å². The van der Waals surface area contributed by atoms with Crippen LogP contribution in [-0.4, -0.2) is 17.1 Å². The van der Waals surface area contributed by atoms with E-state index in [0.717, 1.165) is 16.0 Å². The van der Waals surface area contributed by atoms with Crippen LogP contribution in [0.3, 0.4) is 0 Å². The van der Waals surface area contributed by atoms with Crippen LogP contribution in [0.5, 0.6) is 5.75 Å². The van der Waals surface area contributed by atoms with Crippen LogP contribution in [0.1, 0.15) is 35.9 Å². The summed E-state index contributed by atoms with van der Waals surface area (Å²) in [6.07, 6.45) is 1.81. The van der Waals surface area contributed by atoms with E-state index in [4.69, 9.17) is 32.7 Å². The maximum atomic E-state index is 13.7. The molecule has 194 valence electrons. The molecule has 10 heteroatoms. The number of ether oxygens (including phenoxy) is 2. The maximum Gasteiger partial charge on any atom is 0.338 e. The average molecular weight is 586 g/mol. The first-order valence-corrected chi connectivity index (χ1v) is 14.2. The number of nitrogens with zero attached hydrogens (tertiary/aromatic N) is 2. The van der Waals surface area contributed by atoms with Crippen LogP contribution in [0.25, 0.3) is 6.08 Å². The second kappa shape index (κ2) is 11.3. The zero-order chi connectivity index (χ0) is 26.8. The number of benzene rings is 2. The first-order chi connectivity index (χ1) is 18.4. The van der Waals surface area contributed by atoms with Crippen LogP contribution < -0.4 is 19.6 Å². The van der Waals surface area contributed by atoms with Gasteiger partial charge in [-0.2, -0.15) is 0 Å². The molecule has 0 unspecified atom stereocenters. The Labute approximate surface area is 236 Å². The summed E-state index contributed by atoms with van der Waals surface area (Å²) >= 11 is 15.0. The van der Waals surface area contributed by atoms with Gasteiger partial charge in [0.2, 0.25) is 0 Å². The topological polar surface area (TPSA) is 69.9 Å². The Kier molecular flexibility index (Phi) is 7.85. The number of thiazole rings is 1. The summed E-state index contributed by atoms with van der Waals surface area (Å²) in [4.78, 5) is 32.6. The van der Waals surface area contributed by atoms with Crippen molar-refractivity contribution < 1.29 is 14.3 Å². The molecule has 0 amide bonds. The molecule has 4 aromatic rings. The van der Waals surface area contributed by atoms with Gasteiger partial charge in [-0.3, -0.25) is 9.36 Å². The van der Waals surface area contributed by atoms with Crippen molar-refractivity contribution in [2.45, 2.75) is 26.5 Å². The second-order valence-corrected chi connectivity index (χ2v) is 11.2. The minimum Gasteiger partial charge on any atom is -0.489 e. The van der Waals surface area contributed by atoms with Crippen molar-refractivity contribution in [1.82, 2.24) is 4.57 Å². The molecule has 0 N–H and O–H groups in total. The van der Waals surface area contributed by atoms with E-state index in [2.05, 4.69) is 4.99 Å². The van der Waals surface area contributed by atoms with Gasteiger partial charge in [0.25, 0.3) is 5.56 Å². The highest BCUT2D eigenvalue weighted by Gasteiger charge is 2.33. The number of carbonyl (C=O) groups is 1. The number of fused-ring (bicyclic) bond motifs is 1. The Morgan fingerprint density at radius 3 is 2.74 bits per heavy atom. The fourth-order valence-corrected chi connectivity index (χ4v) is 6.49. The molecule has 6 nitrogen and oxygen atoms in total. The standard InChI is InChI=1S/C28H22Cl2N2O4S2/c1-3-35-27(34)24-16(2)31-28-32(25(24)22-8-5-11-37-22)26(33)23(38-28)13-17-6-4-7-20(12-17)36-15-18-9-10-19(29)14-21(18)30/h4-14,25H,3,15H2,1-2H3/b23-13+/t25-/m1/s1. The fraction of sp³-hybridized carbons (Fsp3) is 0.179. The Hall–Kier alpha value is -3.17. The Morgan fingerprint density at radius 1 is 1.16 bits per heavy atom. The molecule has 0 radical (unpaired) electrons. The lowest BCUT2D eigenvalue weighted by Gasteiger charge is -2.23. The van der Waals surface area contributed by atoms with Gasteiger partial charge in [-0.15, -0.1) is 11.3 Å². The summed E-state index contributed by atoms with van der Waals surface area (Å²) in [5, 5.41) is 3.02. The molecular weight excluding hydrogens is 563 g/mol. The van der Waals surface area contributed by atoms with Gasteiger partial charge in [-0.25, -0.2) is 9.79 Å². The quantitative estimate of drug-likeness (QED) is 0.259. The van der Waals surface area contributed by atoms with Gasteiger partial charge in [0.15, 0.2) is 4.80 Å². The molecule has 1 aliphatic heterocycles. The molecule has 5 rings (SSSR count). The van der Waals surface area contributed by atoms with Crippen LogP contribution in [0.4, 0.5) is 0 Å². The van der Waals surface area contributed by atoms with E-state index in [1.54, 1.807) is 36.6 Å². The summed E-state index contributed by atoms with van der Waals surface area (Å²) in [6, 6.07) is 15.9. The van der Waals surface area contributed by atoms with Crippen molar-refractivity contribution in [2.75, 3.05) is 6.61 Å². The molecular formula is C28H22Cl2N2O4S2. The fourth-order valence-electron chi connectivity index (χ4n) is 4.15. The van der Waals surface area contributed by atoms with E-state index in [1.165, 1.54) is 22.7 Å². The van der Waals surface area contributed by atoms with Crippen molar-refractivity contribution >= 4 is 57.9 Å². The molecule has 0 aliphatic carbocycles. The number of halogens is 2. The van der Waals surface area contributed by atoms with E-state index in [-0.39, 0.29) is 18.8 Å². The van der Waals surface area contributed by atoms with Gasteiger partial charge < -0.3 is 9.47 Å². The molecule has 0 fully saturated rings. The highest BCUT2D eigenvalue weighted by Crippen LogP contribution is 2.33. The molecule has 3 heterocycles. The van der Waals surface area contributed by atoms with E-state index in [0.29, 0.717) is 36.4 Å². The van der Waals surface area contributed by atoms with E-state index in [9.17, 15) is 9.59 Å². The number of esters is 1. The molecule has 0 spiro atoms. The van der Waals surface area contributed by atoms with Gasteiger partial charge in [-0.1, -0.05) is 58.8 Å². The summed E-state index contributed by atoms with van der Waals surface area (Å²) in [6.45, 7) is 4.04. The van der Waals surface area contributed by atoms with Gasteiger partial charge in [-0.05, 0) is 61.2 Å². The molecule has 1 atom stereocenters. The van der Waals surface area contributed by atoms with E-state index < -0.39 is 12.0 Å². The minimum atomic E-state index is -0.591. The average Bonchev–Trinajstić information content (AvgIpc) is 3.52. The van der Waals surface area contributed by atoms with E-state index >= 15 is 0 Å². The molecule has 0 bridgehead atoms. The number of hydrogen-bond donors (Lipinski definition) is 0. The van der Waals surface area contributed by atoms with Crippen molar-refractivity contribution in [1.29, 1.82) is 0 Å². The van der Waals surface area contributed by atoms with Crippen LogP contribution in [0.15, 0.2) is 81.0 Å². The first kappa shape index (κ1) is 26.4. The van der Waals surface area contributed by atoms with Gasteiger partial charge in [0.05, 0.1) is 22.4 Å². The van der Waals surface area contributed by atoms with Crippen molar-refractivity contribution in [3.8, 4) is 5.75 Å². The van der Waals surface area contributed by atoms with Crippen molar-refractivity contribution in [2.24, 2.45) is 4.99 Å². The third-order valence-corrected chi connectivity index (χ3v) is 8.39. The third-order valence-electron chi connectivity index (χ3n) is 5.90. The monoisotopic (exact) mass is 584 g/mol. The SMILES string of the molecule is CCOC(=O)C1=C(C)N=c2s/c(=C/c3cccc(OCc4ccc(Cl)cc4Cl)c3)c(=O)n2[C@@H]1c1cccs1. The number of rotatable bonds is 7. The van der Waals surface area contributed by atoms with Crippen LogP contribution >= 0.6 is 45.9 Å². The Bertz CT molecular complexity index is 1720. The molecule has 1 aliphatic rings. The summed E-state index contributed by atoms with van der Waals surface area (Å²) in [5.74, 6) is 0.168. The van der Waals surface area contributed by atoms with Crippen molar-refractivity contribution in [3.05, 3.63) is 117 Å². The smallest absolute Gasteiger partial charge is 0.338 e. The summed E-state index contributed by atoms with van der Waals surface area (Å²) < 4.78 is 13.4. The minimum absolute atomic E-state index is 0.222. The third kappa shape index (κ3) is 5.35. The predicted molar refractivity (Wildman–Crippen MR) is 152 cm³/mol. The summed E-state index contributed by atoms with van der Waals surface area (Å²) in [5.41, 5.74) is 2.32. The predicted octanol–water partition coefficient (Wildman–Crippen LogP) is 5.75. The number of aromatic nitrogens is 1. The second-order valence-electron chi connectivity index (χ2n) is 8.41. The zero-order valence-corrected chi connectivity index (χ0v) is 23.6. The lowest BCUT2D eigenvalue weighted by molar-refractivity contribution is -0.139. The van der Waals surface area contributed by atoms with Gasteiger partial charge >= 0.3 is 5.97 Å². The highest BCUT2D eigenvalue weighted by atomic mass is 35.5. The number of allylic oxidation sites excluding steroid dienone is 1. The van der Waals surface area contributed by atoms with Crippen LogP contribution in [0.2, 0.25) is 10.0 Å². The van der Waals surface area contributed by atoms with Crippen LogP contribution in [0, 0.1) is 0 Å². The zero-order valence-electron chi connectivity index (χ0n) is 20.4. The van der Waals surface area contributed by atoms with Gasteiger partial charge in [0, 0.05) is 20.5 Å². The molecule has 2 aromatic heterocycles. The normalized spacial score (nSPS) is 15.3. The van der Waals surface area contributed by atoms with E-state index in [1.807, 2.05) is 47.8 Å². The molecule has 0 saturated heterocycles. The lowest BCUT2D eigenvalue weighted by atomic mass is 10.0. The Morgan fingerprint density at radius 2 is 2.00 bits per heavy atom. The number of carbonyl (C=O) groups excluding carboxylic acids is 1. The highest BCUT2D eigenvalue weighted by molar-refractivity contribution is 7.10. The molecule has 2 aromatic carbocycles. The van der Waals surface area contributed by atoms with Crippen LogP contribution in [-0.2, 0) is 16.1 Å². The number of thiophene rings is 1.